The fraction of sp³-hybridized carbons (Fsp3) is 0.607. The van der Waals surface area contributed by atoms with Gasteiger partial charge in [-0.25, -0.2) is 9.97 Å². The van der Waals surface area contributed by atoms with Crippen LogP contribution in [0.4, 0.5) is 0 Å². The van der Waals surface area contributed by atoms with Crippen LogP contribution in [0.1, 0.15) is 85.0 Å². The summed E-state index contributed by atoms with van der Waals surface area (Å²) in [4.78, 5) is 21.3. The number of hydrogen-bond donors (Lipinski definition) is 0. The molecule has 0 bridgehead atoms. The van der Waals surface area contributed by atoms with Crippen LogP contribution in [0.25, 0.3) is 11.4 Å². The Morgan fingerprint density at radius 1 is 0.912 bits per heavy atom. The summed E-state index contributed by atoms with van der Waals surface area (Å²) in [6, 6.07) is 7.67. The van der Waals surface area contributed by atoms with Gasteiger partial charge in [-0.05, 0) is 56.4 Å². The van der Waals surface area contributed by atoms with E-state index in [9.17, 15) is 4.79 Å². The lowest BCUT2D eigenvalue weighted by molar-refractivity contribution is -0.173. The van der Waals surface area contributed by atoms with Crippen molar-refractivity contribution in [2.24, 2.45) is 5.41 Å². The molecule has 1 aliphatic rings. The molecule has 1 aromatic heterocycles. The van der Waals surface area contributed by atoms with Gasteiger partial charge >= 0.3 is 5.97 Å². The Labute approximate surface area is 204 Å². The molecule has 0 N–H and O–H groups in total. The molecular formula is C28H40N2O4. The summed E-state index contributed by atoms with van der Waals surface area (Å²) in [5.41, 5.74) is 0.599. The summed E-state index contributed by atoms with van der Waals surface area (Å²) in [6.45, 7) is 7.42. The topological polar surface area (TPSA) is 70.5 Å². The summed E-state index contributed by atoms with van der Waals surface area (Å²) >= 11 is 0. The molecule has 2 heterocycles. The third-order valence-corrected chi connectivity index (χ3v) is 6.95. The van der Waals surface area contributed by atoms with Crippen LogP contribution in [0.3, 0.4) is 0 Å². The SMILES string of the molecule is CCCCCCCCOc1cnc(-c2ccc(OC[C@@H]3CCC(CC)(CC)C(=O)O3)cc2)nc1. The van der Waals surface area contributed by atoms with Crippen molar-refractivity contribution < 1.29 is 19.0 Å². The highest BCUT2D eigenvalue weighted by Gasteiger charge is 2.42. The summed E-state index contributed by atoms with van der Waals surface area (Å²) in [6.07, 6.45) is 14.1. The van der Waals surface area contributed by atoms with Crippen molar-refractivity contribution in [3.8, 4) is 22.9 Å². The standard InChI is InChI=1S/C28H40N2O4/c1-4-7-8-9-10-11-18-32-25-19-29-26(30-20-25)22-12-14-23(15-13-22)33-21-24-16-17-28(5-2,6-3)27(31)34-24/h12-15,19-20,24H,4-11,16-18,21H2,1-3H3/t24-/m0/s1. The Morgan fingerprint density at radius 3 is 2.24 bits per heavy atom. The predicted molar refractivity (Wildman–Crippen MR) is 134 cm³/mol. The Morgan fingerprint density at radius 2 is 1.59 bits per heavy atom. The van der Waals surface area contributed by atoms with Crippen LogP contribution in [0, 0.1) is 5.41 Å². The number of esters is 1. The maximum absolute atomic E-state index is 12.4. The van der Waals surface area contributed by atoms with Crippen LogP contribution >= 0.6 is 0 Å². The molecule has 0 aliphatic carbocycles. The van der Waals surface area contributed by atoms with Crippen LogP contribution in [0.15, 0.2) is 36.7 Å². The second-order valence-corrected chi connectivity index (χ2v) is 9.25. The lowest BCUT2D eigenvalue weighted by Crippen LogP contribution is -2.42. The van der Waals surface area contributed by atoms with Crippen molar-refractivity contribution in [2.45, 2.75) is 91.1 Å². The molecule has 0 unspecified atom stereocenters. The van der Waals surface area contributed by atoms with Crippen molar-refractivity contribution in [3.05, 3.63) is 36.7 Å². The van der Waals surface area contributed by atoms with Crippen LogP contribution < -0.4 is 9.47 Å². The number of nitrogens with zero attached hydrogens (tertiary/aromatic N) is 2. The lowest BCUT2D eigenvalue weighted by atomic mass is 9.76. The molecule has 0 radical (unpaired) electrons. The smallest absolute Gasteiger partial charge is 0.312 e. The molecule has 6 heteroatoms. The summed E-state index contributed by atoms with van der Waals surface area (Å²) in [7, 11) is 0. The largest absolute Gasteiger partial charge is 0.490 e. The first kappa shape index (κ1) is 26.0. The molecular weight excluding hydrogens is 428 g/mol. The number of unbranched alkanes of at least 4 members (excludes halogenated alkanes) is 5. The van der Waals surface area contributed by atoms with Crippen LogP contribution in [-0.2, 0) is 9.53 Å². The van der Waals surface area contributed by atoms with E-state index in [2.05, 4.69) is 30.7 Å². The highest BCUT2D eigenvalue weighted by Crippen LogP contribution is 2.38. The van der Waals surface area contributed by atoms with Gasteiger partial charge in [0.15, 0.2) is 11.6 Å². The van der Waals surface area contributed by atoms with E-state index < -0.39 is 0 Å². The molecule has 1 atom stereocenters. The van der Waals surface area contributed by atoms with Crippen molar-refractivity contribution >= 4 is 5.97 Å². The van der Waals surface area contributed by atoms with E-state index in [0.717, 1.165) is 43.4 Å². The van der Waals surface area contributed by atoms with Gasteiger partial charge in [0.1, 0.15) is 18.5 Å². The number of rotatable bonds is 14. The molecule has 6 nitrogen and oxygen atoms in total. The van der Waals surface area contributed by atoms with E-state index in [1.807, 2.05) is 24.3 Å². The van der Waals surface area contributed by atoms with E-state index in [-0.39, 0.29) is 17.5 Å². The molecule has 1 aromatic carbocycles. The quantitative estimate of drug-likeness (QED) is 0.225. The zero-order valence-electron chi connectivity index (χ0n) is 21.1. The molecule has 186 valence electrons. The maximum Gasteiger partial charge on any atom is 0.312 e. The highest BCUT2D eigenvalue weighted by molar-refractivity contribution is 5.77. The number of carbonyl (C=O) groups is 1. The minimum atomic E-state index is -0.313. The minimum Gasteiger partial charge on any atom is -0.490 e. The summed E-state index contributed by atoms with van der Waals surface area (Å²) < 4.78 is 17.3. The third kappa shape index (κ3) is 7.18. The molecule has 2 aromatic rings. The molecule has 0 saturated carbocycles. The number of ether oxygens (including phenoxy) is 3. The fourth-order valence-corrected chi connectivity index (χ4v) is 4.39. The number of aromatic nitrogens is 2. The number of benzene rings is 1. The molecule has 1 saturated heterocycles. The van der Waals surface area contributed by atoms with E-state index in [1.165, 1.54) is 32.1 Å². The molecule has 34 heavy (non-hydrogen) atoms. The van der Waals surface area contributed by atoms with Crippen molar-refractivity contribution in [1.29, 1.82) is 0 Å². The predicted octanol–water partition coefficient (Wildman–Crippen LogP) is 6.77. The van der Waals surface area contributed by atoms with E-state index >= 15 is 0 Å². The van der Waals surface area contributed by atoms with E-state index in [0.29, 0.717) is 24.8 Å². The van der Waals surface area contributed by atoms with Crippen LogP contribution in [-0.4, -0.2) is 35.3 Å². The monoisotopic (exact) mass is 468 g/mol. The van der Waals surface area contributed by atoms with Gasteiger partial charge in [0.2, 0.25) is 0 Å². The van der Waals surface area contributed by atoms with Gasteiger partial charge in [0.25, 0.3) is 0 Å². The molecule has 1 aliphatic heterocycles. The molecule has 3 rings (SSSR count). The lowest BCUT2D eigenvalue weighted by Gasteiger charge is -2.37. The van der Waals surface area contributed by atoms with Gasteiger partial charge in [-0.2, -0.15) is 0 Å². The average molecular weight is 469 g/mol. The second kappa shape index (κ2) is 13.3. The van der Waals surface area contributed by atoms with Gasteiger partial charge in [-0.1, -0.05) is 52.9 Å². The van der Waals surface area contributed by atoms with Gasteiger partial charge in [0, 0.05) is 5.56 Å². The van der Waals surface area contributed by atoms with E-state index in [1.54, 1.807) is 12.4 Å². The summed E-state index contributed by atoms with van der Waals surface area (Å²) in [5.74, 6) is 2.01. The first-order chi connectivity index (χ1) is 16.6. The van der Waals surface area contributed by atoms with Crippen molar-refractivity contribution in [2.75, 3.05) is 13.2 Å². The number of cyclic esters (lactones) is 1. The minimum absolute atomic E-state index is 0.0794. The normalized spacial score (nSPS) is 17.3. The molecule has 0 spiro atoms. The van der Waals surface area contributed by atoms with Gasteiger partial charge in [0.05, 0.1) is 24.4 Å². The Kier molecular flexibility index (Phi) is 10.2. The average Bonchev–Trinajstić information content (AvgIpc) is 2.88. The van der Waals surface area contributed by atoms with Gasteiger partial charge < -0.3 is 14.2 Å². The first-order valence-electron chi connectivity index (χ1n) is 13.0. The Hall–Kier alpha value is -2.63. The molecule has 0 amide bonds. The second-order valence-electron chi connectivity index (χ2n) is 9.25. The van der Waals surface area contributed by atoms with Crippen LogP contribution in [0.5, 0.6) is 11.5 Å². The Balaban J connectivity index is 1.41. The fourth-order valence-electron chi connectivity index (χ4n) is 4.39. The number of carbonyl (C=O) groups excluding carboxylic acids is 1. The third-order valence-electron chi connectivity index (χ3n) is 6.95. The molecule has 1 fully saturated rings. The number of hydrogen-bond acceptors (Lipinski definition) is 6. The highest BCUT2D eigenvalue weighted by atomic mass is 16.6. The van der Waals surface area contributed by atoms with Crippen molar-refractivity contribution in [1.82, 2.24) is 9.97 Å². The van der Waals surface area contributed by atoms with Crippen LogP contribution in [0.2, 0.25) is 0 Å². The zero-order valence-corrected chi connectivity index (χ0v) is 21.1. The van der Waals surface area contributed by atoms with E-state index in [4.69, 9.17) is 14.2 Å². The summed E-state index contributed by atoms with van der Waals surface area (Å²) in [5, 5.41) is 0. The first-order valence-corrected chi connectivity index (χ1v) is 13.0. The van der Waals surface area contributed by atoms with Gasteiger partial charge in [-0.3, -0.25) is 4.79 Å². The van der Waals surface area contributed by atoms with Gasteiger partial charge in [-0.15, -0.1) is 0 Å². The van der Waals surface area contributed by atoms with Crippen molar-refractivity contribution in [3.63, 3.8) is 0 Å². The zero-order chi connectivity index (χ0) is 24.2. The maximum atomic E-state index is 12.4. The Bertz CT molecular complexity index is 863.